The molecule has 0 aliphatic rings. The Morgan fingerprint density at radius 3 is 2.62 bits per heavy atom. The number of anilines is 1. The quantitative estimate of drug-likeness (QED) is 0.407. The number of pyridine rings is 1. The van der Waals surface area contributed by atoms with E-state index in [-0.39, 0.29) is 27.9 Å². The van der Waals surface area contributed by atoms with Crippen molar-refractivity contribution in [3.05, 3.63) is 84.6 Å². The lowest BCUT2D eigenvalue weighted by Crippen LogP contribution is -2.38. The summed E-state index contributed by atoms with van der Waals surface area (Å²) in [5, 5.41) is 19.4. The van der Waals surface area contributed by atoms with Gasteiger partial charge in [0.05, 0.1) is 18.2 Å². The minimum Gasteiger partial charge on any atom is -0.504 e. The lowest BCUT2D eigenvalue weighted by atomic mass is 9.95. The van der Waals surface area contributed by atoms with Crippen molar-refractivity contribution in [1.29, 1.82) is 5.26 Å². The number of aromatic hydroxyl groups is 1. The van der Waals surface area contributed by atoms with E-state index in [2.05, 4.69) is 9.97 Å². The summed E-state index contributed by atoms with van der Waals surface area (Å²) in [6.45, 7) is 4.60. The number of carbonyl (C=O) groups excluding carboxylic acids is 1. The van der Waals surface area contributed by atoms with Crippen LogP contribution in [-0.2, 0) is 6.54 Å². The van der Waals surface area contributed by atoms with Gasteiger partial charge in [0.25, 0.3) is 5.56 Å². The minimum absolute atomic E-state index is 0.0385. The molecule has 4 N–H and O–H groups in total. The average molecular weight is 437 g/mol. The van der Waals surface area contributed by atoms with Gasteiger partial charge in [-0.25, -0.2) is 4.79 Å². The zero-order valence-corrected chi connectivity index (χ0v) is 17.6. The van der Waals surface area contributed by atoms with Crippen molar-refractivity contribution >= 4 is 11.6 Å². The van der Waals surface area contributed by atoms with E-state index in [9.17, 15) is 29.1 Å². The fraction of sp³-hybridized carbons (Fsp3) is 0.227. The molecule has 1 aromatic carbocycles. The highest BCUT2D eigenvalue weighted by Crippen LogP contribution is 2.26. The molecule has 0 spiro atoms. The summed E-state index contributed by atoms with van der Waals surface area (Å²) < 4.78 is 14.7. The number of hydrogen-bond acceptors (Lipinski definition) is 7. The average Bonchev–Trinajstić information content (AvgIpc) is 2.71. The number of nitrogen functional groups attached to an aromatic ring is 1. The maximum Gasteiger partial charge on any atom is 0.329 e. The van der Waals surface area contributed by atoms with Crippen LogP contribution in [0.4, 0.5) is 10.2 Å². The number of nitriles is 1. The first-order chi connectivity index (χ1) is 15.0. The maximum absolute atomic E-state index is 13.8. The van der Waals surface area contributed by atoms with Crippen LogP contribution in [0, 0.1) is 24.2 Å². The van der Waals surface area contributed by atoms with Gasteiger partial charge in [-0.3, -0.25) is 19.1 Å². The number of aromatic amines is 1. The third-order valence-electron chi connectivity index (χ3n) is 4.89. The normalized spacial score (nSPS) is 10.9. The molecule has 0 amide bonds. The Bertz CT molecular complexity index is 1400. The summed E-state index contributed by atoms with van der Waals surface area (Å²) in [6, 6.07) is 7.33. The fourth-order valence-electron chi connectivity index (χ4n) is 3.50. The molecule has 0 aliphatic heterocycles. The highest BCUT2D eigenvalue weighted by Gasteiger charge is 2.26. The number of ketones is 1. The van der Waals surface area contributed by atoms with Gasteiger partial charge in [0.2, 0.25) is 11.7 Å². The third-order valence-corrected chi connectivity index (χ3v) is 4.89. The van der Waals surface area contributed by atoms with Crippen LogP contribution in [0.3, 0.4) is 0 Å². The topological polar surface area (TPSA) is 155 Å². The number of carbonyl (C=O) groups is 1. The van der Waals surface area contributed by atoms with E-state index in [1.165, 1.54) is 12.1 Å². The summed E-state index contributed by atoms with van der Waals surface area (Å²) in [7, 11) is 0. The van der Waals surface area contributed by atoms with E-state index in [1.807, 2.05) is 6.07 Å². The van der Waals surface area contributed by atoms with Crippen molar-refractivity contribution in [2.24, 2.45) is 0 Å². The highest BCUT2D eigenvalue weighted by atomic mass is 19.1. The molecule has 0 unspecified atom stereocenters. The Hall–Kier alpha value is -4.26. The Morgan fingerprint density at radius 2 is 2.00 bits per heavy atom. The molecule has 0 aliphatic carbocycles. The number of aryl methyl sites for hydroxylation is 1. The Kier molecular flexibility index (Phi) is 5.93. The molecule has 0 radical (unpaired) electrons. The Labute approximate surface area is 181 Å². The standard InChI is InChI=1S/C22H20FN5O4/c1-10(2)16-17(18(29)13-5-11(3)4-12(6-13)8-24)28(22(32)27-21(16)31)9-14-7-15(23)26-20(25)19(14)30/h4-7,10,30H,9H2,1-3H3,(H2,25,26)(H,27,31,32). The molecule has 2 aromatic heterocycles. The van der Waals surface area contributed by atoms with E-state index in [1.54, 1.807) is 26.8 Å². The fourth-order valence-corrected chi connectivity index (χ4v) is 3.50. The zero-order chi connectivity index (χ0) is 23.7. The van der Waals surface area contributed by atoms with E-state index < -0.39 is 47.0 Å². The molecule has 10 heteroatoms. The van der Waals surface area contributed by atoms with E-state index in [4.69, 9.17) is 5.73 Å². The van der Waals surface area contributed by atoms with Gasteiger partial charge in [-0.1, -0.05) is 13.8 Å². The number of benzene rings is 1. The second kappa shape index (κ2) is 8.47. The summed E-state index contributed by atoms with van der Waals surface area (Å²) in [6.07, 6.45) is 0. The van der Waals surface area contributed by atoms with Crippen molar-refractivity contribution < 1.29 is 14.3 Å². The first-order valence-electron chi connectivity index (χ1n) is 9.60. The van der Waals surface area contributed by atoms with Gasteiger partial charge in [0.1, 0.15) is 5.69 Å². The Morgan fingerprint density at radius 1 is 1.31 bits per heavy atom. The van der Waals surface area contributed by atoms with Gasteiger partial charge in [-0.05, 0) is 36.6 Å². The van der Waals surface area contributed by atoms with Crippen LogP contribution in [0.25, 0.3) is 0 Å². The van der Waals surface area contributed by atoms with E-state index in [0.717, 1.165) is 10.6 Å². The SMILES string of the molecule is Cc1cc(C#N)cc(C(=O)c2c(C(C)C)c(=O)[nH]c(=O)n2Cc2cc(F)nc(N)c2O)c1. The van der Waals surface area contributed by atoms with Crippen molar-refractivity contribution in [2.75, 3.05) is 5.73 Å². The molecule has 3 rings (SSSR count). The van der Waals surface area contributed by atoms with E-state index in [0.29, 0.717) is 5.56 Å². The molecule has 0 saturated heterocycles. The van der Waals surface area contributed by atoms with E-state index >= 15 is 0 Å². The third kappa shape index (κ3) is 4.13. The summed E-state index contributed by atoms with van der Waals surface area (Å²) in [5.74, 6) is -3.14. The first kappa shape index (κ1) is 22.4. The number of hydrogen-bond donors (Lipinski definition) is 3. The maximum atomic E-state index is 13.8. The second-order valence-electron chi connectivity index (χ2n) is 7.63. The molecule has 0 fully saturated rings. The summed E-state index contributed by atoms with van der Waals surface area (Å²) >= 11 is 0. The van der Waals surface area contributed by atoms with Crippen molar-refractivity contribution in [3.8, 4) is 11.8 Å². The predicted octanol–water partition coefficient (Wildman–Crippen LogP) is 1.94. The summed E-state index contributed by atoms with van der Waals surface area (Å²) in [5.41, 5.74) is 4.54. The molecular formula is C22H20FN5O4. The lowest BCUT2D eigenvalue weighted by Gasteiger charge is -2.18. The van der Waals surface area contributed by atoms with Crippen LogP contribution >= 0.6 is 0 Å². The predicted molar refractivity (Wildman–Crippen MR) is 114 cm³/mol. The largest absolute Gasteiger partial charge is 0.504 e. The molecule has 32 heavy (non-hydrogen) atoms. The number of nitrogens with one attached hydrogen (secondary N) is 1. The minimum atomic E-state index is -0.984. The zero-order valence-electron chi connectivity index (χ0n) is 17.6. The van der Waals surface area contributed by atoms with Gasteiger partial charge < -0.3 is 10.8 Å². The molecule has 164 valence electrons. The first-order valence-corrected chi connectivity index (χ1v) is 9.60. The van der Waals surface area contributed by atoms with Gasteiger partial charge in [-0.15, -0.1) is 0 Å². The number of halogens is 1. The van der Waals surface area contributed by atoms with Gasteiger partial charge in [0, 0.05) is 22.8 Å². The van der Waals surface area contributed by atoms with Crippen molar-refractivity contribution in [3.63, 3.8) is 0 Å². The number of H-pyrrole nitrogens is 1. The monoisotopic (exact) mass is 437 g/mol. The molecular weight excluding hydrogens is 417 g/mol. The highest BCUT2D eigenvalue weighted by molar-refractivity contribution is 6.09. The molecule has 9 nitrogen and oxygen atoms in total. The molecule has 0 saturated carbocycles. The van der Waals surface area contributed by atoms with Crippen LogP contribution < -0.4 is 17.0 Å². The van der Waals surface area contributed by atoms with Crippen LogP contribution in [0.2, 0.25) is 0 Å². The van der Waals surface area contributed by atoms with Gasteiger partial charge >= 0.3 is 5.69 Å². The molecule has 0 bridgehead atoms. The van der Waals surface area contributed by atoms with Gasteiger partial charge in [-0.2, -0.15) is 14.6 Å². The Balaban J connectivity index is 2.33. The van der Waals surface area contributed by atoms with Crippen LogP contribution in [-0.4, -0.2) is 25.4 Å². The van der Waals surface area contributed by atoms with Crippen molar-refractivity contribution in [2.45, 2.75) is 33.2 Å². The smallest absolute Gasteiger partial charge is 0.329 e. The van der Waals surface area contributed by atoms with Gasteiger partial charge in [0.15, 0.2) is 11.6 Å². The van der Waals surface area contributed by atoms with Crippen LogP contribution in [0.15, 0.2) is 33.9 Å². The number of nitrogens with zero attached hydrogens (tertiary/aromatic N) is 3. The van der Waals surface area contributed by atoms with Crippen LogP contribution in [0.1, 0.15) is 58.1 Å². The molecule has 0 atom stereocenters. The number of rotatable bonds is 5. The molecule has 3 aromatic rings. The van der Waals surface area contributed by atoms with Crippen LogP contribution in [0.5, 0.6) is 5.75 Å². The number of aromatic nitrogens is 3. The lowest BCUT2D eigenvalue weighted by molar-refractivity contribution is 0.102. The summed E-state index contributed by atoms with van der Waals surface area (Å²) in [4.78, 5) is 44.3. The van der Waals surface area contributed by atoms with Crippen molar-refractivity contribution in [1.82, 2.24) is 14.5 Å². The molecule has 2 heterocycles. The number of nitrogens with two attached hydrogens (primary N) is 1. The second-order valence-corrected chi connectivity index (χ2v) is 7.63.